The molecule has 0 bridgehead atoms. The molecule has 0 saturated carbocycles. The zero-order valence-electron chi connectivity index (χ0n) is 13.2. The van der Waals surface area contributed by atoms with Crippen LogP contribution in [0.1, 0.15) is 12.1 Å². The minimum atomic E-state index is -3.85. The van der Waals surface area contributed by atoms with E-state index in [1.807, 2.05) is 0 Å². The summed E-state index contributed by atoms with van der Waals surface area (Å²) in [5.41, 5.74) is 1.71. The third kappa shape index (κ3) is 2.21. The van der Waals surface area contributed by atoms with Crippen LogP contribution in [0.4, 0.5) is 11.5 Å². The first-order valence-corrected chi connectivity index (χ1v) is 8.98. The van der Waals surface area contributed by atoms with Gasteiger partial charge in [0, 0.05) is 20.1 Å². The van der Waals surface area contributed by atoms with Crippen molar-refractivity contribution in [3.8, 4) is 0 Å². The Labute approximate surface area is 138 Å². The molecule has 4 rings (SSSR count). The van der Waals surface area contributed by atoms with Gasteiger partial charge in [0.15, 0.2) is 11.3 Å². The van der Waals surface area contributed by atoms with Gasteiger partial charge in [-0.25, -0.2) is 13.0 Å². The van der Waals surface area contributed by atoms with Gasteiger partial charge in [0.25, 0.3) is 10.0 Å². The zero-order valence-corrected chi connectivity index (χ0v) is 14.0. The average Bonchev–Trinajstić information content (AvgIpc) is 3.05. The molecule has 1 aliphatic heterocycles. The Bertz CT molecular complexity index is 1020. The molecule has 1 aliphatic rings. The topological polar surface area (TPSA) is 106 Å². The van der Waals surface area contributed by atoms with Gasteiger partial charge >= 0.3 is 0 Å². The van der Waals surface area contributed by atoms with Gasteiger partial charge in [0.1, 0.15) is 16.1 Å². The third-order valence-corrected chi connectivity index (χ3v) is 5.50. The molecule has 3 aromatic rings. The van der Waals surface area contributed by atoms with Crippen LogP contribution in [-0.4, -0.2) is 41.6 Å². The molecule has 126 valence electrons. The molecule has 9 nitrogen and oxygen atoms in total. The molecule has 0 amide bonds. The summed E-state index contributed by atoms with van der Waals surface area (Å²) in [6.45, 7) is 3.55. The Hall–Kier alpha value is -2.62. The second-order valence-electron chi connectivity index (χ2n) is 5.74. The Balaban J connectivity index is 1.79. The number of rotatable bonds is 4. The van der Waals surface area contributed by atoms with E-state index < -0.39 is 10.0 Å². The first-order valence-electron chi connectivity index (χ1n) is 7.50. The lowest BCUT2D eigenvalue weighted by atomic mass is 10.2. The smallest absolute Gasteiger partial charge is 0.264 e. The fraction of sp³-hybridized carbons (Fsp3) is 0.357. The summed E-state index contributed by atoms with van der Waals surface area (Å²) < 4.78 is 34.8. The number of hydrogen-bond acceptors (Lipinski definition) is 7. The molecule has 1 aromatic carbocycles. The number of sulfonamides is 1. The van der Waals surface area contributed by atoms with Gasteiger partial charge in [0.2, 0.25) is 0 Å². The van der Waals surface area contributed by atoms with Crippen molar-refractivity contribution in [3.05, 3.63) is 23.9 Å². The van der Waals surface area contributed by atoms with Gasteiger partial charge in [0.05, 0.1) is 5.69 Å². The van der Waals surface area contributed by atoms with Gasteiger partial charge in [-0.05, 0) is 35.8 Å². The molecule has 1 saturated heterocycles. The Morgan fingerprint density at radius 3 is 2.75 bits per heavy atom. The Morgan fingerprint density at radius 2 is 2.04 bits per heavy atom. The maximum atomic E-state index is 12.9. The maximum absolute atomic E-state index is 12.9. The van der Waals surface area contributed by atoms with Crippen LogP contribution < -0.4 is 9.62 Å². The number of anilines is 2. The molecule has 24 heavy (non-hydrogen) atoms. The van der Waals surface area contributed by atoms with Crippen molar-refractivity contribution >= 4 is 32.6 Å². The minimum Gasteiger partial charge on any atom is -0.355 e. The molecule has 10 heteroatoms. The quantitative estimate of drug-likeness (QED) is 0.757. The molecule has 0 atom stereocenters. The molecule has 1 fully saturated rings. The van der Waals surface area contributed by atoms with Crippen LogP contribution in [-0.2, 0) is 17.1 Å². The lowest BCUT2D eigenvalue weighted by Crippen LogP contribution is -2.39. The summed E-state index contributed by atoms with van der Waals surface area (Å²) in [6, 6.07) is 4.73. The minimum absolute atomic E-state index is 0.0269. The average molecular weight is 348 g/mol. The third-order valence-electron chi connectivity index (χ3n) is 4.12. The zero-order chi connectivity index (χ0) is 16.9. The van der Waals surface area contributed by atoms with Crippen LogP contribution in [0.15, 0.2) is 27.7 Å². The van der Waals surface area contributed by atoms with Gasteiger partial charge in [-0.1, -0.05) is 6.07 Å². The van der Waals surface area contributed by atoms with E-state index in [1.165, 1.54) is 6.07 Å². The Kier molecular flexibility index (Phi) is 3.23. The van der Waals surface area contributed by atoms with E-state index >= 15 is 0 Å². The van der Waals surface area contributed by atoms with E-state index in [1.54, 1.807) is 30.8 Å². The normalized spacial score (nSPS) is 14.8. The van der Waals surface area contributed by atoms with E-state index in [-0.39, 0.29) is 10.4 Å². The van der Waals surface area contributed by atoms with Crippen molar-refractivity contribution in [2.45, 2.75) is 18.2 Å². The fourth-order valence-electron chi connectivity index (χ4n) is 2.84. The van der Waals surface area contributed by atoms with E-state index in [9.17, 15) is 8.42 Å². The number of aromatic nitrogens is 4. The molecule has 0 radical (unpaired) electrons. The van der Waals surface area contributed by atoms with E-state index in [0.29, 0.717) is 16.9 Å². The number of hydrogen-bond donors (Lipinski definition) is 1. The van der Waals surface area contributed by atoms with Crippen LogP contribution in [0.3, 0.4) is 0 Å². The van der Waals surface area contributed by atoms with Crippen molar-refractivity contribution in [2.24, 2.45) is 7.05 Å². The van der Waals surface area contributed by atoms with Gasteiger partial charge in [-0.2, -0.15) is 5.10 Å². The summed E-state index contributed by atoms with van der Waals surface area (Å²) in [4.78, 5) is 2.12. The Morgan fingerprint density at radius 1 is 1.25 bits per heavy atom. The molecule has 3 heterocycles. The monoisotopic (exact) mass is 348 g/mol. The summed E-state index contributed by atoms with van der Waals surface area (Å²) >= 11 is 0. The number of aryl methyl sites for hydroxylation is 2. The summed E-state index contributed by atoms with van der Waals surface area (Å²) in [6.07, 6.45) is 1.08. The molecular weight excluding hydrogens is 332 g/mol. The van der Waals surface area contributed by atoms with Crippen LogP contribution in [0.2, 0.25) is 0 Å². The van der Waals surface area contributed by atoms with Crippen molar-refractivity contribution in [2.75, 3.05) is 22.7 Å². The van der Waals surface area contributed by atoms with Crippen LogP contribution in [0.5, 0.6) is 0 Å². The number of nitrogens with one attached hydrogen (secondary N) is 1. The SMILES string of the molecule is Cc1nn(C)c(N2CCC2)c1NS(=O)(=O)c1cccc2nonc12. The molecule has 0 spiro atoms. The highest BCUT2D eigenvalue weighted by atomic mass is 32.2. The summed E-state index contributed by atoms with van der Waals surface area (Å²) in [5, 5.41) is 11.7. The number of benzene rings is 1. The predicted octanol–water partition coefficient (Wildman–Crippen LogP) is 1.28. The molecule has 0 unspecified atom stereocenters. The van der Waals surface area contributed by atoms with Crippen LogP contribution in [0, 0.1) is 6.92 Å². The number of fused-ring (bicyclic) bond motifs is 1. The highest BCUT2D eigenvalue weighted by Gasteiger charge is 2.28. The number of nitrogens with zero attached hydrogens (tertiary/aromatic N) is 5. The summed E-state index contributed by atoms with van der Waals surface area (Å²) in [5.74, 6) is 0.771. The summed E-state index contributed by atoms with van der Waals surface area (Å²) in [7, 11) is -2.05. The lowest BCUT2D eigenvalue weighted by molar-refractivity contribution is 0.315. The first kappa shape index (κ1) is 14.9. The fourth-order valence-corrected chi connectivity index (χ4v) is 4.12. The maximum Gasteiger partial charge on any atom is 0.264 e. The van der Waals surface area contributed by atoms with Crippen molar-refractivity contribution < 1.29 is 13.0 Å². The van der Waals surface area contributed by atoms with Crippen molar-refractivity contribution in [3.63, 3.8) is 0 Å². The largest absolute Gasteiger partial charge is 0.355 e. The molecule has 2 aromatic heterocycles. The van der Waals surface area contributed by atoms with Crippen LogP contribution >= 0.6 is 0 Å². The van der Waals surface area contributed by atoms with Gasteiger partial charge < -0.3 is 4.90 Å². The van der Waals surface area contributed by atoms with Gasteiger partial charge in [-0.15, -0.1) is 0 Å². The highest BCUT2D eigenvalue weighted by Crippen LogP contribution is 2.34. The first-order chi connectivity index (χ1) is 11.5. The van der Waals surface area contributed by atoms with Gasteiger partial charge in [-0.3, -0.25) is 9.40 Å². The highest BCUT2D eigenvalue weighted by molar-refractivity contribution is 7.93. The van der Waals surface area contributed by atoms with Crippen LogP contribution in [0.25, 0.3) is 11.0 Å². The van der Waals surface area contributed by atoms with E-state index in [2.05, 4.69) is 29.7 Å². The van der Waals surface area contributed by atoms with E-state index in [4.69, 9.17) is 0 Å². The molecular formula is C14H16N6O3S. The molecule has 0 aliphatic carbocycles. The molecule has 1 N–H and O–H groups in total. The van der Waals surface area contributed by atoms with Crippen molar-refractivity contribution in [1.82, 2.24) is 20.1 Å². The van der Waals surface area contributed by atoms with E-state index in [0.717, 1.165) is 25.3 Å². The second kappa shape index (κ2) is 5.20. The second-order valence-corrected chi connectivity index (χ2v) is 7.39. The van der Waals surface area contributed by atoms with Crippen molar-refractivity contribution in [1.29, 1.82) is 0 Å². The standard InChI is InChI=1S/C14H16N6O3S/c1-9-12(14(19(2)15-9)20-7-4-8-20)18-24(21,22)11-6-3-5-10-13(11)17-23-16-10/h3,5-6,18H,4,7-8H2,1-2H3. The predicted molar refractivity (Wildman–Crippen MR) is 87.4 cm³/mol. The lowest BCUT2D eigenvalue weighted by Gasteiger charge is -2.33.